The molecule has 110 valence electrons. The number of rotatable bonds is 4. The van der Waals surface area contributed by atoms with Gasteiger partial charge in [0.1, 0.15) is 17.6 Å². The third-order valence-electron chi connectivity index (χ3n) is 3.50. The average Bonchev–Trinajstić information content (AvgIpc) is 3.00. The molecule has 6 heteroatoms. The van der Waals surface area contributed by atoms with E-state index in [0.29, 0.717) is 24.5 Å². The van der Waals surface area contributed by atoms with Gasteiger partial charge in [0.05, 0.1) is 24.1 Å². The van der Waals surface area contributed by atoms with Crippen molar-refractivity contribution in [3.8, 4) is 6.07 Å². The van der Waals surface area contributed by atoms with Crippen molar-refractivity contribution in [2.45, 2.75) is 19.4 Å². The highest BCUT2D eigenvalue weighted by Gasteiger charge is 2.21. The first kappa shape index (κ1) is 14.0. The second kappa shape index (κ2) is 6.22. The quantitative estimate of drug-likeness (QED) is 0.933. The summed E-state index contributed by atoms with van der Waals surface area (Å²) < 4.78 is 0. The van der Waals surface area contributed by atoms with E-state index in [9.17, 15) is 4.79 Å². The summed E-state index contributed by atoms with van der Waals surface area (Å²) in [6.45, 7) is 1.25. The maximum Gasteiger partial charge on any atom is 0.227 e. The number of carbonyl (C=O) groups is 1. The van der Waals surface area contributed by atoms with Gasteiger partial charge in [0.2, 0.25) is 5.91 Å². The summed E-state index contributed by atoms with van der Waals surface area (Å²) in [6.07, 6.45) is 3.21. The predicted molar refractivity (Wildman–Crippen MR) is 82.1 cm³/mol. The van der Waals surface area contributed by atoms with Crippen LogP contribution in [0, 0.1) is 11.3 Å². The van der Waals surface area contributed by atoms with Crippen LogP contribution in [0.15, 0.2) is 36.5 Å². The molecule has 0 aliphatic carbocycles. The molecular formula is C16H15N5O. The van der Waals surface area contributed by atoms with E-state index in [1.54, 1.807) is 23.2 Å². The normalized spacial score (nSPS) is 14.0. The number of amides is 1. The van der Waals surface area contributed by atoms with Crippen LogP contribution in [0.2, 0.25) is 0 Å². The molecule has 6 nitrogen and oxygen atoms in total. The minimum absolute atomic E-state index is 0.153. The lowest BCUT2D eigenvalue weighted by molar-refractivity contribution is -0.117. The fraction of sp³-hybridized carbons (Fsp3) is 0.250. The number of hydrogen-bond acceptors (Lipinski definition) is 5. The number of aromatic nitrogens is 2. The summed E-state index contributed by atoms with van der Waals surface area (Å²) in [5.74, 6) is 0.861. The highest BCUT2D eigenvalue weighted by molar-refractivity contribution is 5.95. The lowest BCUT2D eigenvalue weighted by atomic mass is 10.3. The van der Waals surface area contributed by atoms with Gasteiger partial charge in [-0.1, -0.05) is 6.07 Å². The first-order chi connectivity index (χ1) is 10.8. The summed E-state index contributed by atoms with van der Waals surface area (Å²) in [6, 6.07) is 11.1. The van der Waals surface area contributed by atoms with Crippen LogP contribution in [-0.2, 0) is 11.3 Å². The van der Waals surface area contributed by atoms with Gasteiger partial charge in [-0.3, -0.25) is 4.79 Å². The van der Waals surface area contributed by atoms with Crippen molar-refractivity contribution in [3.63, 3.8) is 0 Å². The molecule has 0 saturated carbocycles. The average molecular weight is 293 g/mol. The largest absolute Gasteiger partial charge is 0.364 e. The molecule has 2 aromatic heterocycles. The van der Waals surface area contributed by atoms with Crippen LogP contribution in [0.4, 0.5) is 11.5 Å². The highest BCUT2D eigenvalue weighted by Crippen LogP contribution is 2.21. The van der Waals surface area contributed by atoms with Crippen molar-refractivity contribution < 1.29 is 4.79 Å². The van der Waals surface area contributed by atoms with Gasteiger partial charge in [0.15, 0.2) is 0 Å². The Morgan fingerprint density at radius 3 is 2.91 bits per heavy atom. The number of nitrogens with one attached hydrogen (secondary N) is 1. The standard InChI is InChI=1S/C16H15N5O/c17-9-12-3-1-4-13(20-12)10-18-15-7-6-14(11-19-15)21-8-2-5-16(21)22/h1,3-4,6-7,11H,2,5,8,10H2,(H,18,19). The Balaban J connectivity index is 1.64. The van der Waals surface area contributed by atoms with Crippen LogP contribution in [0.3, 0.4) is 0 Å². The van der Waals surface area contributed by atoms with Crippen LogP contribution in [-0.4, -0.2) is 22.4 Å². The van der Waals surface area contributed by atoms with Crippen LogP contribution in [0.25, 0.3) is 0 Å². The Labute approximate surface area is 128 Å². The van der Waals surface area contributed by atoms with E-state index < -0.39 is 0 Å². The van der Waals surface area contributed by atoms with E-state index in [2.05, 4.69) is 15.3 Å². The molecule has 0 radical (unpaired) electrons. The highest BCUT2D eigenvalue weighted by atomic mass is 16.2. The second-order valence-corrected chi connectivity index (χ2v) is 5.03. The monoisotopic (exact) mass is 293 g/mol. The number of anilines is 2. The number of pyridine rings is 2. The maximum atomic E-state index is 11.7. The Morgan fingerprint density at radius 2 is 2.23 bits per heavy atom. The summed E-state index contributed by atoms with van der Waals surface area (Å²) in [5, 5.41) is 12.0. The number of hydrogen-bond donors (Lipinski definition) is 1. The SMILES string of the molecule is N#Cc1cccc(CNc2ccc(N3CCCC3=O)cn2)n1. The molecule has 1 N–H and O–H groups in total. The molecule has 0 aromatic carbocycles. The van der Waals surface area contributed by atoms with Crippen molar-refractivity contribution in [3.05, 3.63) is 47.9 Å². The van der Waals surface area contributed by atoms with Crippen molar-refractivity contribution in [1.82, 2.24) is 9.97 Å². The summed E-state index contributed by atoms with van der Waals surface area (Å²) >= 11 is 0. The van der Waals surface area contributed by atoms with Crippen molar-refractivity contribution in [2.24, 2.45) is 0 Å². The zero-order valence-corrected chi connectivity index (χ0v) is 12.0. The molecule has 2 aromatic rings. The molecule has 1 amide bonds. The number of carbonyl (C=O) groups excluding carboxylic acids is 1. The first-order valence-electron chi connectivity index (χ1n) is 7.12. The number of nitrogens with zero attached hydrogens (tertiary/aromatic N) is 4. The van der Waals surface area contributed by atoms with Gasteiger partial charge in [-0.2, -0.15) is 5.26 Å². The lowest BCUT2D eigenvalue weighted by Gasteiger charge is -2.15. The molecule has 1 aliphatic heterocycles. The van der Waals surface area contributed by atoms with Gasteiger partial charge in [-0.25, -0.2) is 9.97 Å². The van der Waals surface area contributed by atoms with E-state index in [1.807, 2.05) is 24.3 Å². The maximum absolute atomic E-state index is 11.7. The van der Waals surface area contributed by atoms with Gasteiger partial charge in [0, 0.05) is 13.0 Å². The summed E-state index contributed by atoms with van der Waals surface area (Å²) in [4.78, 5) is 21.9. The molecule has 1 aliphatic rings. The lowest BCUT2D eigenvalue weighted by Crippen LogP contribution is -2.23. The van der Waals surface area contributed by atoms with E-state index in [-0.39, 0.29) is 5.91 Å². The van der Waals surface area contributed by atoms with Crippen LogP contribution >= 0.6 is 0 Å². The molecule has 0 unspecified atom stereocenters. The third kappa shape index (κ3) is 3.04. The second-order valence-electron chi connectivity index (χ2n) is 5.03. The zero-order valence-electron chi connectivity index (χ0n) is 12.0. The predicted octanol–water partition coefficient (Wildman–Crippen LogP) is 2.09. The summed E-state index contributed by atoms with van der Waals surface area (Å²) in [7, 11) is 0. The van der Waals surface area contributed by atoms with Crippen molar-refractivity contribution in [2.75, 3.05) is 16.8 Å². The van der Waals surface area contributed by atoms with Crippen LogP contribution in [0.1, 0.15) is 24.2 Å². The van der Waals surface area contributed by atoms with Gasteiger partial charge in [0.25, 0.3) is 0 Å². The minimum atomic E-state index is 0.153. The van der Waals surface area contributed by atoms with Gasteiger partial charge < -0.3 is 10.2 Å². The Bertz CT molecular complexity index is 720. The number of nitriles is 1. The molecule has 3 heterocycles. The van der Waals surface area contributed by atoms with Crippen molar-refractivity contribution in [1.29, 1.82) is 5.26 Å². The van der Waals surface area contributed by atoms with Crippen LogP contribution in [0.5, 0.6) is 0 Å². The third-order valence-corrected chi connectivity index (χ3v) is 3.50. The molecule has 1 saturated heterocycles. The summed E-state index contributed by atoms with van der Waals surface area (Å²) in [5.41, 5.74) is 2.01. The van der Waals surface area contributed by atoms with Crippen molar-refractivity contribution >= 4 is 17.4 Å². The molecule has 0 atom stereocenters. The minimum Gasteiger partial charge on any atom is -0.364 e. The molecule has 3 rings (SSSR count). The first-order valence-corrected chi connectivity index (χ1v) is 7.12. The molecular weight excluding hydrogens is 278 g/mol. The fourth-order valence-corrected chi connectivity index (χ4v) is 2.39. The van der Waals surface area contributed by atoms with E-state index in [0.717, 1.165) is 24.3 Å². The van der Waals surface area contributed by atoms with Gasteiger partial charge >= 0.3 is 0 Å². The van der Waals surface area contributed by atoms with E-state index in [4.69, 9.17) is 5.26 Å². The molecule has 0 spiro atoms. The van der Waals surface area contributed by atoms with E-state index >= 15 is 0 Å². The Hall–Kier alpha value is -2.94. The van der Waals surface area contributed by atoms with E-state index in [1.165, 1.54) is 0 Å². The smallest absolute Gasteiger partial charge is 0.227 e. The Kier molecular flexibility index (Phi) is 3.97. The topological polar surface area (TPSA) is 81.9 Å². The van der Waals surface area contributed by atoms with Crippen LogP contribution < -0.4 is 10.2 Å². The zero-order chi connectivity index (χ0) is 15.4. The Morgan fingerprint density at radius 1 is 1.32 bits per heavy atom. The fourth-order valence-electron chi connectivity index (χ4n) is 2.39. The van der Waals surface area contributed by atoms with Gasteiger partial charge in [-0.05, 0) is 30.7 Å². The molecule has 22 heavy (non-hydrogen) atoms. The molecule has 0 bridgehead atoms. The van der Waals surface area contributed by atoms with Gasteiger partial charge in [-0.15, -0.1) is 0 Å². The molecule has 1 fully saturated rings.